The minimum absolute atomic E-state index is 0.220. The standard InChI is InChI=1S/C28H47N3O4/c1-12-13-17-29-24(32)23(21-16-14-15-19(4)20(21)5)31(27(6,7)8)25(33)22(18(2)3)30-26(34)35-28(9,10)11/h14-16,18,22-23H,12-13,17H2,1-11H3,(H,29,32)(H,30,34). The van der Waals surface area contributed by atoms with Crippen LogP contribution in [0.1, 0.15) is 97.9 Å². The zero-order valence-electron chi connectivity index (χ0n) is 23.7. The molecule has 35 heavy (non-hydrogen) atoms. The Kier molecular flexibility index (Phi) is 10.8. The largest absolute Gasteiger partial charge is 0.444 e. The fourth-order valence-corrected chi connectivity index (χ4v) is 3.90. The molecule has 0 fully saturated rings. The number of unbranched alkanes of at least 4 members (excludes halogenated alkanes) is 1. The van der Waals surface area contributed by atoms with Gasteiger partial charge in [-0.1, -0.05) is 45.4 Å². The second-order valence-electron chi connectivity index (χ2n) is 11.6. The van der Waals surface area contributed by atoms with Gasteiger partial charge >= 0.3 is 6.09 Å². The number of hydrogen-bond acceptors (Lipinski definition) is 4. The Labute approximate surface area is 212 Å². The maximum Gasteiger partial charge on any atom is 0.408 e. The number of aryl methyl sites for hydroxylation is 1. The minimum Gasteiger partial charge on any atom is -0.444 e. The van der Waals surface area contributed by atoms with Crippen LogP contribution in [0.5, 0.6) is 0 Å². The van der Waals surface area contributed by atoms with Gasteiger partial charge in [0.1, 0.15) is 17.7 Å². The molecule has 1 aromatic carbocycles. The van der Waals surface area contributed by atoms with Gasteiger partial charge in [-0.3, -0.25) is 9.59 Å². The SMILES string of the molecule is CCCCNC(=O)C(c1cccc(C)c1C)N(C(=O)C(NC(=O)OC(C)(C)C)C(C)C)C(C)(C)C. The number of nitrogens with one attached hydrogen (secondary N) is 2. The zero-order valence-corrected chi connectivity index (χ0v) is 23.7. The number of carbonyl (C=O) groups excluding carboxylic acids is 3. The molecule has 1 rings (SSSR count). The lowest BCUT2D eigenvalue weighted by Gasteiger charge is -2.44. The first-order valence-electron chi connectivity index (χ1n) is 12.7. The van der Waals surface area contributed by atoms with Crippen molar-refractivity contribution in [2.75, 3.05) is 6.54 Å². The number of rotatable bonds is 9. The predicted octanol–water partition coefficient (Wildman–Crippen LogP) is 5.44. The molecular formula is C28H47N3O4. The average Bonchev–Trinajstić information content (AvgIpc) is 2.69. The lowest BCUT2D eigenvalue weighted by molar-refractivity contribution is -0.149. The maximum absolute atomic E-state index is 14.2. The lowest BCUT2D eigenvalue weighted by Crippen LogP contribution is -2.60. The van der Waals surface area contributed by atoms with Gasteiger partial charge in [-0.05, 0) is 84.4 Å². The van der Waals surface area contributed by atoms with Crippen LogP contribution in [0.25, 0.3) is 0 Å². The average molecular weight is 490 g/mol. The van der Waals surface area contributed by atoms with Crippen molar-refractivity contribution in [3.05, 3.63) is 34.9 Å². The van der Waals surface area contributed by atoms with Crippen LogP contribution in [0.15, 0.2) is 18.2 Å². The van der Waals surface area contributed by atoms with E-state index in [-0.39, 0.29) is 17.7 Å². The van der Waals surface area contributed by atoms with E-state index in [2.05, 4.69) is 17.6 Å². The number of hydrogen-bond donors (Lipinski definition) is 2. The molecule has 0 aliphatic rings. The monoisotopic (exact) mass is 489 g/mol. The first-order valence-corrected chi connectivity index (χ1v) is 12.7. The van der Waals surface area contributed by atoms with E-state index in [1.54, 1.807) is 25.7 Å². The first-order chi connectivity index (χ1) is 16.0. The smallest absolute Gasteiger partial charge is 0.408 e. The second kappa shape index (κ2) is 12.4. The summed E-state index contributed by atoms with van der Waals surface area (Å²) in [4.78, 5) is 42.1. The Hall–Kier alpha value is -2.57. The van der Waals surface area contributed by atoms with Gasteiger partial charge in [0, 0.05) is 12.1 Å². The van der Waals surface area contributed by atoms with Gasteiger partial charge in [0.05, 0.1) is 0 Å². The van der Waals surface area contributed by atoms with E-state index in [0.717, 1.165) is 29.5 Å². The Balaban J connectivity index is 3.58. The summed E-state index contributed by atoms with van der Waals surface area (Å²) in [7, 11) is 0. The van der Waals surface area contributed by atoms with Crippen molar-refractivity contribution in [1.29, 1.82) is 0 Å². The topological polar surface area (TPSA) is 87.7 Å². The van der Waals surface area contributed by atoms with Crippen LogP contribution >= 0.6 is 0 Å². The lowest BCUT2D eigenvalue weighted by atomic mass is 9.90. The fraction of sp³-hybridized carbons (Fsp3) is 0.679. The zero-order chi connectivity index (χ0) is 27.1. The minimum atomic E-state index is -0.861. The van der Waals surface area contributed by atoms with Crippen LogP contribution < -0.4 is 10.6 Å². The summed E-state index contributed by atoms with van der Waals surface area (Å²) in [5.74, 6) is -0.771. The van der Waals surface area contributed by atoms with E-state index < -0.39 is 29.3 Å². The molecule has 198 valence electrons. The highest BCUT2D eigenvalue weighted by Crippen LogP contribution is 2.33. The first kappa shape index (κ1) is 30.5. The number of alkyl carbamates (subject to hydrolysis) is 1. The van der Waals surface area contributed by atoms with Gasteiger partial charge in [-0.25, -0.2) is 4.79 Å². The van der Waals surface area contributed by atoms with Crippen molar-refractivity contribution in [1.82, 2.24) is 15.5 Å². The van der Waals surface area contributed by atoms with E-state index in [1.807, 2.05) is 66.7 Å². The number of nitrogens with zero attached hydrogens (tertiary/aromatic N) is 1. The van der Waals surface area contributed by atoms with Crippen LogP contribution in [-0.4, -0.2) is 46.5 Å². The molecule has 2 unspecified atom stereocenters. The third-order valence-electron chi connectivity index (χ3n) is 5.84. The summed E-state index contributed by atoms with van der Waals surface area (Å²) in [6.45, 7) is 21.4. The van der Waals surface area contributed by atoms with Crippen LogP contribution in [0.2, 0.25) is 0 Å². The maximum atomic E-state index is 14.2. The molecule has 2 N–H and O–H groups in total. The summed E-state index contributed by atoms with van der Waals surface area (Å²) in [6, 6.07) is 4.11. The van der Waals surface area contributed by atoms with E-state index in [0.29, 0.717) is 6.54 Å². The summed E-state index contributed by atoms with van der Waals surface area (Å²) < 4.78 is 5.43. The fourth-order valence-electron chi connectivity index (χ4n) is 3.90. The van der Waals surface area contributed by atoms with Gasteiger partial charge in [0.15, 0.2) is 0 Å². The van der Waals surface area contributed by atoms with E-state index in [1.165, 1.54) is 0 Å². The van der Waals surface area contributed by atoms with Crippen LogP contribution in [-0.2, 0) is 14.3 Å². The molecule has 0 aliphatic heterocycles. The molecule has 1 aromatic rings. The summed E-state index contributed by atoms with van der Waals surface area (Å²) in [6.07, 6.45) is 1.14. The van der Waals surface area contributed by atoms with Gasteiger partial charge in [0.2, 0.25) is 11.8 Å². The van der Waals surface area contributed by atoms with Gasteiger partial charge in [-0.15, -0.1) is 0 Å². The highest BCUT2D eigenvalue weighted by Gasteiger charge is 2.43. The second-order valence-corrected chi connectivity index (χ2v) is 11.6. The molecule has 0 saturated heterocycles. The van der Waals surface area contributed by atoms with Gasteiger partial charge in [-0.2, -0.15) is 0 Å². The molecule has 0 radical (unpaired) electrons. The highest BCUT2D eigenvalue weighted by molar-refractivity contribution is 5.93. The molecule has 0 saturated carbocycles. The van der Waals surface area contributed by atoms with E-state index >= 15 is 0 Å². The number of benzene rings is 1. The predicted molar refractivity (Wildman–Crippen MR) is 141 cm³/mol. The summed E-state index contributed by atoms with van der Waals surface area (Å²) >= 11 is 0. The number of ether oxygens (including phenoxy) is 1. The molecule has 7 heteroatoms. The molecule has 0 bridgehead atoms. The molecule has 7 nitrogen and oxygen atoms in total. The molecule has 0 spiro atoms. The molecule has 0 aromatic heterocycles. The van der Waals surface area contributed by atoms with Crippen LogP contribution in [0.4, 0.5) is 4.79 Å². The van der Waals surface area contributed by atoms with Crippen molar-refractivity contribution in [2.45, 2.75) is 112 Å². The summed E-state index contributed by atoms with van der Waals surface area (Å²) in [5, 5.41) is 5.80. The Bertz CT molecular complexity index is 881. The Morgan fingerprint density at radius 1 is 1.03 bits per heavy atom. The Morgan fingerprint density at radius 3 is 2.11 bits per heavy atom. The van der Waals surface area contributed by atoms with E-state index in [4.69, 9.17) is 4.74 Å². The van der Waals surface area contributed by atoms with Crippen molar-refractivity contribution >= 4 is 17.9 Å². The molecule has 2 atom stereocenters. The van der Waals surface area contributed by atoms with Crippen molar-refractivity contribution in [3.63, 3.8) is 0 Å². The molecule has 0 aliphatic carbocycles. The number of carbonyl (C=O) groups is 3. The van der Waals surface area contributed by atoms with Crippen molar-refractivity contribution in [2.24, 2.45) is 5.92 Å². The van der Waals surface area contributed by atoms with Crippen LogP contribution in [0.3, 0.4) is 0 Å². The van der Waals surface area contributed by atoms with Crippen molar-refractivity contribution in [3.8, 4) is 0 Å². The van der Waals surface area contributed by atoms with Gasteiger partial charge in [0.25, 0.3) is 0 Å². The third kappa shape index (κ3) is 8.86. The Morgan fingerprint density at radius 2 is 1.63 bits per heavy atom. The van der Waals surface area contributed by atoms with Crippen molar-refractivity contribution < 1.29 is 19.1 Å². The molecule has 0 heterocycles. The third-order valence-corrected chi connectivity index (χ3v) is 5.84. The number of amides is 3. The molecular weight excluding hydrogens is 442 g/mol. The van der Waals surface area contributed by atoms with Gasteiger partial charge < -0.3 is 20.3 Å². The quantitative estimate of drug-likeness (QED) is 0.452. The molecule has 3 amide bonds. The highest BCUT2D eigenvalue weighted by atomic mass is 16.6. The normalized spacial score (nSPS) is 13.7. The van der Waals surface area contributed by atoms with Crippen LogP contribution in [0, 0.1) is 19.8 Å². The summed E-state index contributed by atoms with van der Waals surface area (Å²) in [5.41, 5.74) is 1.39. The van der Waals surface area contributed by atoms with E-state index in [9.17, 15) is 14.4 Å².